The smallest absolute Gasteiger partial charge is 0.234 e. The summed E-state index contributed by atoms with van der Waals surface area (Å²) in [4.78, 5) is 24.8. The highest BCUT2D eigenvalue weighted by Crippen LogP contribution is 2.13. The van der Waals surface area contributed by atoms with Crippen molar-refractivity contribution in [1.82, 2.24) is 10.2 Å². The Morgan fingerprint density at radius 1 is 1.19 bits per heavy atom. The molecule has 1 aromatic carbocycles. The van der Waals surface area contributed by atoms with Crippen LogP contribution in [0.1, 0.15) is 26.3 Å². The number of carbonyl (C=O) groups is 2. The molecule has 0 aromatic heterocycles. The van der Waals surface area contributed by atoms with E-state index in [4.69, 9.17) is 11.5 Å². The van der Waals surface area contributed by atoms with Crippen LogP contribution >= 0.6 is 0 Å². The van der Waals surface area contributed by atoms with Gasteiger partial charge in [0, 0.05) is 17.8 Å². The highest BCUT2D eigenvalue weighted by Gasteiger charge is 2.18. The number of nitrogens with one attached hydrogen (secondary N) is 1. The molecule has 1 aromatic rings. The first kappa shape index (κ1) is 17.0. The van der Waals surface area contributed by atoms with Crippen LogP contribution in [-0.2, 0) is 16.1 Å². The van der Waals surface area contributed by atoms with Gasteiger partial charge in [-0.3, -0.25) is 14.5 Å². The number of benzene rings is 1. The molecule has 5 N–H and O–H groups in total. The van der Waals surface area contributed by atoms with Gasteiger partial charge < -0.3 is 16.8 Å². The van der Waals surface area contributed by atoms with Crippen LogP contribution in [0.15, 0.2) is 24.3 Å². The lowest BCUT2D eigenvalue weighted by Gasteiger charge is -2.25. The van der Waals surface area contributed by atoms with E-state index in [1.54, 1.807) is 11.0 Å². The van der Waals surface area contributed by atoms with Crippen molar-refractivity contribution in [3.8, 4) is 0 Å². The largest absolute Gasteiger partial charge is 0.398 e. The van der Waals surface area contributed by atoms with E-state index in [1.165, 1.54) is 0 Å². The molecule has 0 radical (unpaired) electrons. The lowest BCUT2D eigenvalue weighted by molar-refractivity contribution is -0.125. The highest BCUT2D eigenvalue weighted by atomic mass is 16.2. The number of nitrogen functional groups attached to an aromatic ring is 1. The van der Waals surface area contributed by atoms with Crippen molar-refractivity contribution in [1.29, 1.82) is 0 Å². The predicted molar refractivity (Wildman–Crippen MR) is 83.2 cm³/mol. The van der Waals surface area contributed by atoms with Crippen molar-refractivity contribution >= 4 is 17.5 Å². The minimum Gasteiger partial charge on any atom is -0.398 e. The number of primary amides is 1. The van der Waals surface area contributed by atoms with Gasteiger partial charge in [0.2, 0.25) is 11.8 Å². The standard InChI is InChI=1S/C15H24N4O2/c1-15(2,3)18-14(21)10-19(9-13(17)20)8-11-6-4-5-7-12(11)16/h4-7H,8-10,16H2,1-3H3,(H2,17,20)(H,18,21). The van der Waals surface area contributed by atoms with Gasteiger partial charge in [0.15, 0.2) is 0 Å². The molecule has 0 unspecified atom stereocenters. The summed E-state index contributed by atoms with van der Waals surface area (Å²) in [7, 11) is 0. The minimum atomic E-state index is -0.479. The Bertz CT molecular complexity index is 509. The maximum absolute atomic E-state index is 12.0. The topological polar surface area (TPSA) is 101 Å². The van der Waals surface area contributed by atoms with Gasteiger partial charge in [0.05, 0.1) is 13.1 Å². The molecule has 0 saturated heterocycles. The average Bonchev–Trinajstić information content (AvgIpc) is 2.28. The van der Waals surface area contributed by atoms with Gasteiger partial charge in [-0.1, -0.05) is 18.2 Å². The maximum atomic E-state index is 12.0. The van der Waals surface area contributed by atoms with Crippen LogP contribution in [-0.4, -0.2) is 35.3 Å². The van der Waals surface area contributed by atoms with E-state index in [0.717, 1.165) is 5.56 Å². The summed E-state index contributed by atoms with van der Waals surface area (Å²) in [6.45, 7) is 6.20. The third-order valence-corrected chi connectivity index (χ3v) is 2.71. The Kier molecular flexibility index (Phi) is 5.72. The summed E-state index contributed by atoms with van der Waals surface area (Å²) in [6.07, 6.45) is 0. The first-order valence-electron chi connectivity index (χ1n) is 6.82. The van der Waals surface area contributed by atoms with E-state index in [1.807, 2.05) is 39.0 Å². The van der Waals surface area contributed by atoms with Crippen molar-refractivity contribution in [3.05, 3.63) is 29.8 Å². The molecule has 0 saturated carbocycles. The predicted octanol–water partition coefficient (Wildman–Crippen LogP) is 0.471. The average molecular weight is 292 g/mol. The first-order valence-corrected chi connectivity index (χ1v) is 6.82. The van der Waals surface area contributed by atoms with Gasteiger partial charge >= 0.3 is 0 Å². The minimum absolute atomic E-state index is 0.00585. The second kappa shape index (κ2) is 7.08. The van der Waals surface area contributed by atoms with E-state index >= 15 is 0 Å². The Morgan fingerprint density at radius 3 is 2.33 bits per heavy atom. The fourth-order valence-electron chi connectivity index (χ4n) is 1.97. The SMILES string of the molecule is CC(C)(C)NC(=O)CN(CC(N)=O)Cc1ccccc1N. The first-order chi connectivity index (χ1) is 9.67. The van der Waals surface area contributed by atoms with Gasteiger partial charge in [-0.05, 0) is 32.4 Å². The molecular formula is C15H24N4O2. The van der Waals surface area contributed by atoms with Crippen molar-refractivity contribution in [2.45, 2.75) is 32.9 Å². The molecule has 6 nitrogen and oxygen atoms in total. The van der Waals surface area contributed by atoms with Crippen molar-refractivity contribution in [3.63, 3.8) is 0 Å². The zero-order valence-electron chi connectivity index (χ0n) is 12.8. The highest BCUT2D eigenvalue weighted by molar-refractivity contribution is 5.80. The third-order valence-electron chi connectivity index (χ3n) is 2.71. The van der Waals surface area contributed by atoms with Gasteiger partial charge in [0.1, 0.15) is 0 Å². The van der Waals surface area contributed by atoms with Gasteiger partial charge in [-0.15, -0.1) is 0 Å². The Balaban J connectivity index is 2.75. The molecule has 0 fully saturated rings. The molecule has 0 bridgehead atoms. The molecular weight excluding hydrogens is 268 g/mol. The zero-order valence-corrected chi connectivity index (χ0v) is 12.8. The molecule has 1 rings (SSSR count). The van der Waals surface area contributed by atoms with E-state index in [2.05, 4.69) is 5.32 Å². The number of amides is 2. The summed E-state index contributed by atoms with van der Waals surface area (Å²) in [5.74, 6) is -0.633. The zero-order chi connectivity index (χ0) is 16.0. The quantitative estimate of drug-likeness (QED) is 0.663. The van der Waals surface area contributed by atoms with Crippen LogP contribution in [0.4, 0.5) is 5.69 Å². The molecule has 116 valence electrons. The summed E-state index contributed by atoms with van der Waals surface area (Å²) >= 11 is 0. The number of para-hydroxylation sites is 1. The number of hydrogen-bond acceptors (Lipinski definition) is 4. The van der Waals surface area contributed by atoms with Crippen LogP contribution < -0.4 is 16.8 Å². The Hall–Kier alpha value is -2.08. The molecule has 21 heavy (non-hydrogen) atoms. The number of nitrogens with two attached hydrogens (primary N) is 2. The number of rotatable bonds is 6. The van der Waals surface area contributed by atoms with E-state index < -0.39 is 5.91 Å². The molecule has 0 aliphatic carbocycles. The number of carbonyl (C=O) groups excluding carboxylic acids is 2. The fourth-order valence-corrected chi connectivity index (χ4v) is 1.97. The molecule has 0 spiro atoms. The molecule has 6 heteroatoms. The summed E-state index contributed by atoms with van der Waals surface area (Å²) in [5, 5.41) is 2.86. The molecule has 0 aliphatic heterocycles. The molecule has 0 atom stereocenters. The Morgan fingerprint density at radius 2 is 1.81 bits per heavy atom. The molecule has 0 heterocycles. The van der Waals surface area contributed by atoms with Crippen LogP contribution in [0.3, 0.4) is 0 Å². The fraction of sp³-hybridized carbons (Fsp3) is 0.467. The number of hydrogen-bond donors (Lipinski definition) is 3. The lowest BCUT2D eigenvalue weighted by atomic mass is 10.1. The number of nitrogens with zero attached hydrogens (tertiary/aromatic N) is 1. The summed E-state index contributed by atoms with van der Waals surface area (Å²) in [5.41, 5.74) is 12.3. The van der Waals surface area contributed by atoms with Gasteiger partial charge in [-0.2, -0.15) is 0 Å². The van der Waals surface area contributed by atoms with Crippen LogP contribution in [0.25, 0.3) is 0 Å². The van der Waals surface area contributed by atoms with Crippen molar-refractivity contribution < 1.29 is 9.59 Å². The number of anilines is 1. The second-order valence-electron chi connectivity index (χ2n) is 6.11. The monoisotopic (exact) mass is 292 g/mol. The van der Waals surface area contributed by atoms with Gasteiger partial charge in [-0.25, -0.2) is 0 Å². The van der Waals surface area contributed by atoms with Crippen molar-refractivity contribution in [2.75, 3.05) is 18.8 Å². The molecule has 0 aliphatic rings. The lowest BCUT2D eigenvalue weighted by Crippen LogP contribution is -2.47. The van der Waals surface area contributed by atoms with Crippen molar-refractivity contribution in [2.24, 2.45) is 5.73 Å². The van der Waals surface area contributed by atoms with Crippen LogP contribution in [0, 0.1) is 0 Å². The normalized spacial score (nSPS) is 11.4. The van der Waals surface area contributed by atoms with E-state index in [9.17, 15) is 9.59 Å². The maximum Gasteiger partial charge on any atom is 0.234 e. The Labute approximate surface area is 125 Å². The van der Waals surface area contributed by atoms with Crippen LogP contribution in [0.5, 0.6) is 0 Å². The summed E-state index contributed by atoms with van der Waals surface area (Å²) < 4.78 is 0. The molecule has 2 amide bonds. The second-order valence-corrected chi connectivity index (χ2v) is 6.11. The van der Waals surface area contributed by atoms with Crippen LogP contribution in [0.2, 0.25) is 0 Å². The van der Waals surface area contributed by atoms with E-state index in [0.29, 0.717) is 12.2 Å². The van der Waals surface area contributed by atoms with E-state index in [-0.39, 0.29) is 24.5 Å². The third kappa shape index (κ3) is 6.76. The van der Waals surface area contributed by atoms with Gasteiger partial charge in [0.25, 0.3) is 0 Å². The summed E-state index contributed by atoms with van der Waals surface area (Å²) in [6, 6.07) is 7.35.